The van der Waals surface area contributed by atoms with Crippen LogP contribution in [0.15, 0.2) is 4.52 Å². The standard InChI is InChI=1S/C13H20N2O3/c1-9-12(10(2)18-14-9)13(17)15-7-5-3-4-6-11(15)8-16/h11,16H,3-8H2,1-2H3. The number of carbonyl (C=O) groups is 1. The van der Waals surface area contributed by atoms with Gasteiger partial charge in [-0.25, -0.2) is 0 Å². The third-order valence-corrected chi connectivity index (χ3v) is 3.60. The van der Waals surface area contributed by atoms with Gasteiger partial charge in [0.05, 0.1) is 18.3 Å². The largest absolute Gasteiger partial charge is 0.394 e. The molecule has 18 heavy (non-hydrogen) atoms. The van der Waals surface area contributed by atoms with Gasteiger partial charge in [-0.1, -0.05) is 18.0 Å². The number of aryl methyl sites for hydroxylation is 2. The average molecular weight is 252 g/mol. The maximum Gasteiger partial charge on any atom is 0.259 e. The molecule has 0 spiro atoms. The molecule has 1 N–H and O–H groups in total. The van der Waals surface area contributed by atoms with E-state index in [0.717, 1.165) is 25.7 Å². The molecule has 0 aromatic carbocycles. The Kier molecular flexibility index (Phi) is 4.01. The van der Waals surface area contributed by atoms with E-state index in [4.69, 9.17) is 4.52 Å². The number of amides is 1. The molecule has 2 rings (SSSR count). The Labute approximate surface area is 107 Å². The van der Waals surface area contributed by atoms with Gasteiger partial charge < -0.3 is 14.5 Å². The summed E-state index contributed by atoms with van der Waals surface area (Å²) in [4.78, 5) is 14.3. The summed E-state index contributed by atoms with van der Waals surface area (Å²) in [6, 6.07) is -0.0753. The quantitative estimate of drug-likeness (QED) is 0.869. The first-order chi connectivity index (χ1) is 8.65. The summed E-state index contributed by atoms with van der Waals surface area (Å²) in [7, 11) is 0. The fourth-order valence-electron chi connectivity index (χ4n) is 2.57. The zero-order chi connectivity index (χ0) is 13.1. The average Bonchev–Trinajstić information content (AvgIpc) is 2.57. The number of nitrogens with zero attached hydrogens (tertiary/aromatic N) is 2. The highest BCUT2D eigenvalue weighted by atomic mass is 16.5. The first-order valence-electron chi connectivity index (χ1n) is 6.50. The summed E-state index contributed by atoms with van der Waals surface area (Å²) in [5, 5.41) is 13.3. The fraction of sp³-hybridized carbons (Fsp3) is 0.692. The van der Waals surface area contributed by atoms with Gasteiger partial charge in [0.1, 0.15) is 11.3 Å². The predicted octanol–water partition coefficient (Wildman–Crippen LogP) is 1.67. The summed E-state index contributed by atoms with van der Waals surface area (Å²) in [5.41, 5.74) is 1.17. The molecule has 1 aromatic rings. The molecule has 1 atom stereocenters. The van der Waals surface area contributed by atoms with Gasteiger partial charge in [-0.3, -0.25) is 4.79 Å². The van der Waals surface area contributed by atoms with Crippen molar-refractivity contribution in [2.45, 2.75) is 45.6 Å². The normalized spacial score (nSPS) is 20.8. The first kappa shape index (κ1) is 13.1. The topological polar surface area (TPSA) is 66.6 Å². The first-order valence-corrected chi connectivity index (χ1v) is 6.50. The highest BCUT2D eigenvalue weighted by molar-refractivity contribution is 5.96. The Morgan fingerprint density at radius 3 is 2.83 bits per heavy atom. The lowest BCUT2D eigenvalue weighted by atomic mass is 10.1. The Morgan fingerprint density at radius 1 is 1.44 bits per heavy atom. The third-order valence-electron chi connectivity index (χ3n) is 3.60. The van der Waals surface area contributed by atoms with Gasteiger partial charge in [0, 0.05) is 6.54 Å². The molecule has 1 saturated heterocycles. The second-order valence-corrected chi connectivity index (χ2v) is 4.88. The van der Waals surface area contributed by atoms with Gasteiger partial charge in [-0.05, 0) is 26.7 Å². The Hall–Kier alpha value is -1.36. The highest BCUT2D eigenvalue weighted by Crippen LogP contribution is 2.22. The zero-order valence-corrected chi connectivity index (χ0v) is 11.0. The van der Waals surface area contributed by atoms with E-state index in [0.29, 0.717) is 23.6 Å². The van der Waals surface area contributed by atoms with Gasteiger partial charge in [0.25, 0.3) is 5.91 Å². The minimum atomic E-state index is -0.0753. The second kappa shape index (κ2) is 5.52. The number of carbonyl (C=O) groups excluding carboxylic acids is 1. The molecule has 2 heterocycles. The van der Waals surface area contributed by atoms with Gasteiger partial charge >= 0.3 is 0 Å². The number of hydrogen-bond donors (Lipinski definition) is 1. The van der Waals surface area contributed by atoms with Crippen molar-refractivity contribution in [3.63, 3.8) is 0 Å². The molecule has 1 unspecified atom stereocenters. The fourth-order valence-corrected chi connectivity index (χ4v) is 2.57. The smallest absolute Gasteiger partial charge is 0.259 e. The lowest BCUT2D eigenvalue weighted by molar-refractivity contribution is 0.0597. The van der Waals surface area contributed by atoms with E-state index in [2.05, 4.69) is 5.16 Å². The minimum absolute atomic E-state index is 0.0229. The molecule has 1 aliphatic heterocycles. The van der Waals surface area contributed by atoms with Crippen LogP contribution in [0.3, 0.4) is 0 Å². The van der Waals surface area contributed by atoms with Crippen molar-refractivity contribution in [2.24, 2.45) is 0 Å². The highest BCUT2D eigenvalue weighted by Gasteiger charge is 2.29. The maximum absolute atomic E-state index is 12.5. The Bertz CT molecular complexity index is 408. The van der Waals surface area contributed by atoms with Crippen LogP contribution in [0.2, 0.25) is 0 Å². The summed E-state index contributed by atoms with van der Waals surface area (Å²) < 4.78 is 5.05. The Morgan fingerprint density at radius 2 is 2.22 bits per heavy atom. The number of aliphatic hydroxyl groups excluding tert-OH is 1. The molecule has 1 amide bonds. The van der Waals surface area contributed by atoms with Crippen LogP contribution < -0.4 is 0 Å². The summed E-state index contributed by atoms with van der Waals surface area (Å²) in [6.07, 6.45) is 4.04. The predicted molar refractivity (Wildman–Crippen MR) is 66.4 cm³/mol. The summed E-state index contributed by atoms with van der Waals surface area (Å²) in [6.45, 7) is 4.25. The number of hydrogen-bond acceptors (Lipinski definition) is 4. The Balaban J connectivity index is 2.25. The van der Waals surface area contributed by atoms with E-state index < -0.39 is 0 Å². The molecular formula is C13H20N2O3. The molecule has 1 aliphatic rings. The van der Waals surface area contributed by atoms with Crippen LogP contribution in [0.25, 0.3) is 0 Å². The molecule has 5 nitrogen and oxygen atoms in total. The van der Waals surface area contributed by atoms with Crippen molar-refractivity contribution in [3.05, 3.63) is 17.0 Å². The van der Waals surface area contributed by atoms with Crippen molar-refractivity contribution in [3.8, 4) is 0 Å². The van der Waals surface area contributed by atoms with Crippen molar-refractivity contribution in [2.75, 3.05) is 13.2 Å². The third kappa shape index (κ3) is 2.41. The molecule has 5 heteroatoms. The SMILES string of the molecule is Cc1noc(C)c1C(=O)N1CCCCCC1CO. The lowest BCUT2D eigenvalue weighted by Gasteiger charge is -2.28. The van der Waals surface area contributed by atoms with Gasteiger partial charge in [0.15, 0.2) is 0 Å². The van der Waals surface area contributed by atoms with Crippen molar-refractivity contribution >= 4 is 5.91 Å². The van der Waals surface area contributed by atoms with Crippen molar-refractivity contribution < 1.29 is 14.4 Å². The number of aromatic nitrogens is 1. The summed E-state index contributed by atoms with van der Waals surface area (Å²) in [5.74, 6) is 0.491. The van der Waals surface area contributed by atoms with Crippen molar-refractivity contribution in [1.29, 1.82) is 0 Å². The zero-order valence-electron chi connectivity index (χ0n) is 11.0. The van der Waals surface area contributed by atoms with Crippen LogP contribution in [0.5, 0.6) is 0 Å². The van der Waals surface area contributed by atoms with E-state index in [1.807, 2.05) is 0 Å². The molecular weight excluding hydrogens is 232 g/mol. The number of likely N-dealkylation sites (tertiary alicyclic amines) is 1. The molecule has 0 bridgehead atoms. The van der Waals surface area contributed by atoms with Crippen molar-refractivity contribution in [1.82, 2.24) is 10.1 Å². The lowest BCUT2D eigenvalue weighted by Crippen LogP contribution is -2.42. The van der Waals surface area contributed by atoms with Gasteiger partial charge in [-0.2, -0.15) is 0 Å². The van der Waals surface area contributed by atoms with E-state index in [1.165, 1.54) is 0 Å². The monoisotopic (exact) mass is 252 g/mol. The minimum Gasteiger partial charge on any atom is -0.394 e. The molecule has 1 aromatic heterocycles. The maximum atomic E-state index is 12.5. The van der Waals surface area contributed by atoms with E-state index in [-0.39, 0.29) is 18.6 Å². The molecule has 0 aliphatic carbocycles. The molecule has 100 valence electrons. The molecule has 0 radical (unpaired) electrons. The number of aliphatic hydroxyl groups is 1. The van der Waals surface area contributed by atoms with Crippen LogP contribution in [0.4, 0.5) is 0 Å². The van der Waals surface area contributed by atoms with Crippen LogP contribution in [-0.4, -0.2) is 40.3 Å². The van der Waals surface area contributed by atoms with E-state index in [1.54, 1.807) is 18.7 Å². The van der Waals surface area contributed by atoms with Crippen LogP contribution in [-0.2, 0) is 0 Å². The van der Waals surface area contributed by atoms with Crippen LogP contribution >= 0.6 is 0 Å². The van der Waals surface area contributed by atoms with E-state index >= 15 is 0 Å². The van der Waals surface area contributed by atoms with E-state index in [9.17, 15) is 9.90 Å². The second-order valence-electron chi connectivity index (χ2n) is 4.88. The van der Waals surface area contributed by atoms with Gasteiger partial charge in [0.2, 0.25) is 0 Å². The molecule has 1 fully saturated rings. The molecule has 0 saturated carbocycles. The summed E-state index contributed by atoms with van der Waals surface area (Å²) >= 11 is 0. The van der Waals surface area contributed by atoms with Gasteiger partial charge in [-0.15, -0.1) is 0 Å². The number of rotatable bonds is 2. The van der Waals surface area contributed by atoms with Crippen LogP contribution in [0, 0.1) is 13.8 Å². The van der Waals surface area contributed by atoms with Crippen LogP contribution in [0.1, 0.15) is 47.5 Å².